The average Bonchev–Trinajstić information content (AvgIpc) is 2.49. The summed E-state index contributed by atoms with van der Waals surface area (Å²) in [6, 6.07) is 16.9. The van der Waals surface area contributed by atoms with Crippen LogP contribution >= 0.6 is 22.6 Å². The fourth-order valence-corrected chi connectivity index (χ4v) is 2.65. The molecule has 2 nitrogen and oxygen atoms in total. The molecule has 0 saturated heterocycles. The van der Waals surface area contributed by atoms with Crippen LogP contribution in [0, 0.1) is 9.49 Å². The van der Waals surface area contributed by atoms with Crippen molar-refractivity contribution in [1.29, 1.82) is 0 Å². The number of rotatable bonds is 6. The maximum atomic E-state index is 5.93. The molecule has 0 aliphatic rings. The Morgan fingerprint density at radius 2 is 1.45 bits per heavy atom. The van der Waals surface area contributed by atoms with E-state index in [0.717, 1.165) is 18.6 Å². The molecule has 0 saturated carbocycles. The molecule has 0 aliphatic carbocycles. The fraction of sp³-hybridized carbons (Fsp3) is 0.294. The first-order valence-corrected chi connectivity index (χ1v) is 7.86. The quantitative estimate of drug-likeness (QED) is 0.776. The van der Waals surface area contributed by atoms with Crippen LogP contribution in [0.1, 0.15) is 11.1 Å². The monoisotopic (exact) mass is 381 g/mol. The lowest BCUT2D eigenvalue weighted by atomic mass is 9.93. The number of ether oxygens (including phenoxy) is 1. The van der Waals surface area contributed by atoms with Gasteiger partial charge in [0.2, 0.25) is 0 Å². The first kappa shape index (κ1) is 15.3. The Labute approximate surface area is 134 Å². The Morgan fingerprint density at radius 3 is 1.90 bits per heavy atom. The van der Waals surface area contributed by atoms with Gasteiger partial charge in [-0.25, -0.2) is 0 Å². The van der Waals surface area contributed by atoms with Gasteiger partial charge in [-0.2, -0.15) is 0 Å². The summed E-state index contributed by atoms with van der Waals surface area (Å²) < 4.78 is 6.45. The largest absolute Gasteiger partial charge is 0.497 e. The van der Waals surface area contributed by atoms with Crippen LogP contribution in [0.4, 0.5) is 0 Å². The molecule has 106 valence electrons. The molecule has 1 unspecified atom stereocenters. The van der Waals surface area contributed by atoms with Gasteiger partial charge in [0.05, 0.1) is 7.11 Å². The van der Waals surface area contributed by atoms with Gasteiger partial charge in [-0.1, -0.05) is 24.3 Å². The minimum atomic E-state index is 0.475. The van der Waals surface area contributed by atoms with E-state index in [2.05, 4.69) is 59.0 Å². The predicted molar refractivity (Wildman–Crippen MR) is 92.1 cm³/mol. The summed E-state index contributed by atoms with van der Waals surface area (Å²) in [5.74, 6) is 1.37. The molecule has 2 aromatic rings. The molecular weight excluding hydrogens is 361 g/mol. The number of hydrogen-bond donors (Lipinski definition) is 1. The third-order valence-electron chi connectivity index (χ3n) is 3.45. The zero-order valence-corrected chi connectivity index (χ0v) is 13.8. The second kappa shape index (κ2) is 7.64. The summed E-state index contributed by atoms with van der Waals surface area (Å²) in [7, 11) is 1.69. The number of halogens is 1. The fourth-order valence-electron chi connectivity index (χ4n) is 2.29. The van der Waals surface area contributed by atoms with Crippen LogP contribution < -0.4 is 10.5 Å². The topological polar surface area (TPSA) is 35.2 Å². The van der Waals surface area contributed by atoms with E-state index in [4.69, 9.17) is 10.5 Å². The van der Waals surface area contributed by atoms with E-state index >= 15 is 0 Å². The van der Waals surface area contributed by atoms with Gasteiger partial charge in [0.1, 0.15) is 5.75 Å². The second-order valence-electron chi connectivity index (χ2n) is 4.98. The molecule has 0 aromatic heterocycles. The lowest BCUT2D eigenvalue weighted by molar-refractivity contribution is 0.414. The Hall–Kier alpha value is -1.07. The predicted octanol–water partition coefficient (Wildman–Crippen LogP) is 3.66. The molecule has 0 aliphatic heterocycles. The molecule has 0 fully saturated rings. The Balaban J connectivity index is 1.99. The number of methoxy groups -OCH3 is 1. The van der Waals surface area contributed by atoms with Crippen molar-refractivity contribution in [3.05, 3.63) is 63.2 Å². The van der Waals surface area contributed by atoms with Crippen LogP contribution in [0.5, 0.6) is 5.75 Å². The van der Waals surface area contributed by atoms with Gasteiger partial charge in [-0.15, -0.1) is 0 Å². The first-order chi connectivity index (χ1) is 9.71. The van der Waals surface area contributed by atoms with Crippen molar-refractivity contribution in [1.82, 2.24) is 0 Å². The minimum Gasteiger partial charge on any atom is -0.497 e. The third-order valence-corrected chi connectivity index (χ3v) is 4.17. The molecule has 0 spiro atoms. The molecular formula is C17H20INO. The lowest BCUT2D eigenvalue weighted by Crippen LogP contribution is -2.19. The van der Waals surface area contributed by atoms with Gasteiger partial charge in [0, 0.05) is 3.57 Å². The zero-order chi connectivity index (χ0) is 14.4. The van der Waals surface area contributed by atoms with E-state index in [1.165, 1.54) is 14.7 Å². The minimum absolute atomic E-state index is 0.475. The van der Waals surface area contributed by atoms with Crippen molar-refractivity contribution in [3.8, 4) is 5.75 Å². The Morgan fingerprint density at radius 1 is 0.950 bits per heavy atom. The molecule has 0 bridgehead atoms. The summed E-state index contributed by atoms with van der Waals surface area (Å²) in [5, 5.41) is 0. The molecule has 2 rings (SSSR count). The van der Waals surface area contributed by atoms with Crippen molar-refractivity contribution in [2.24, 2.45) is 11.7 Å². The van der Waals surface area contributed by atoms with Crippen LogP contribution in [0.25, 0.3) is 0 Å². The first-order valence-electron chi connectivity index (χ1n) is 6.78. The van der Waals surface area contributed by atoms with Crippen LogP contribution in [0.2, 0.25) is 0 Å². The summed E-state index contributed by atoms with van der Waals surface area (Å²) in [6.45, 7) is 0.706. The summed E-state index contributed by atoms with van der Waals surface area (Å²) in [5.41, 5.74) is 8.60. The smallest absolute Gasteiger partial charge is 0.118 e. The maximum absolute atomic E-state index is 5.93. The molecule has 0 heterocycles. The average molecular weight is 381 g/mol. The van der Waals surface area contributed by atoms with Gasteiger partial charge in [-0.05, 0) is 83.3 Å². The number of benzene rings is 2. The van der Waals surface area contributed by atoms with Gasteiger partial charge in [-0.3, -0.25) is 0 Å². The molecule has 20 heavy (non-hydrogen) atoms. The van der Waals surface area contributed by atoms with E-state index in [0.29, 0.717) is 12.5 Å². The van der Waals surface area contributed by atoms with Crippen LogP contribution in [0.3, 0.4) is 0 Å². The van der Waals surface area contributed by atoms with E-state index < -0.39 is 0 Å². The Bertz CT molecular complexity index is 522. The van der Waals surface area contributed by atoms with Crippen LogP contribution in [-0.4, -0.2) is 13.7 Å². The lowest BCUT2D eigenvalue weighted by Gasteiger charge is -2.15. The summed E-state index contributed by atoms with van der Waals surface area (Å²) in [4.78, 5) is 0. The van der Waals surface area contributed by atoms with Crippen molar-refractivity contribution >= 4 is 22.6 Å². The van der Waals surface area contributed by atoms with E-state index in [-0.39, 0.29) is 0 Å². The SMILES string of the molecule is COc1ccc(CC(CN)Cc2ccc(I)cc2)cc1. The normalized spacial score (nSPS) is 12.2. The van der Waals surface area contributed by atoms with Gasteiger partial charge in [0.15, 0.2) is 0 Å². The summed E-state index contributed by atoms with van der Waals surface area (Å²) >= 11 is 2.33. The van der Waals surface area contributed by atoms with Crippen LogP contribution in [-0.2, 0) is 12.8 Å². The van der Waals surface area contributed by atoms with Crippen molar-refractivity contribution in [2.45, 2.75) is 12.8 Å². The number of hydrogen-bond acceptors (Lipinski definition) is 2. The molecule has 0 amide bonds. The molecule has 3 heteroatoms. The summed E-state index contributed by atoms with van der Waals surface area (Å²) in [6.07, 6.45) is 2.03. The highest BCUT2D eigenvalue weighted by Crippen LogP contribution is 2.18. The van der Waals surface area contributed by atoms with E-state index in [9.17, 15) is 0 Å². The van der Waals surface area contributed by atoms with Gasteiger partial charge < -0.3 is 10.5 Å². The molecule has 2 N–H and O–H groups in total. The van der Waals surface area contributed by atoms with Crippen molar-refractivity contribution < 1.29 is 4.74 Å². The Kier molecular flexibility index (Phi) is 5.86. The number of nitrogens with two attached hydrogens (primary N) is 1. The maximum Gasteiger partial charge on any atom is 0.118 e. The second-order valence-corrected chi connectivity index (χ2v) is 6.23. The highest BCUT2D eigenvalue weighted by molar-refractivity contribution is 14.1. The highest BCUT2D eigenvalue weighted by atomic mass is 127. The van der Waals surface area contributed by atoms with Crippen molar-refractivity contribution in [2.75, 3.05) is 13.7 Å². The van der Waals surface area contributed by atoms with E-state index in [1.54, 1.807) is 7.11 Å². The van der Waals surface area contributed by atoms with Crippen molar-refractivity contribution in [3.63, 3.8) is 0 Å². The standard InChI is InChI=1S/C17H20INO/c1-20-17-8-4-14(5-9-17)11-15(12-19)10-13-2-6-16(18)7-3-13/h2-9,15H,10-12,19H2,1H3. The third kappa shape index (κ3) is 4.49. The molecule has 2 aromatic carbocycles. The molecule has 1 atom stereocenters. The molecule has 0 radical (unpaired) electrons. The highest BCUT2D eigenvalue weighted by Gasteiger charge is 2.09. The van der Waals surface area contributed by atoms with Gasteiger partial charge >= 0.3 is 0 Å². The van der Waals surface area contributed by atoms with Crippen LogP contribution in [0.15, 0.2) is 48.5 Å². The van der Waals surface area contributed by atoms with Gasteiger partial charge in [0.25, 0.3) is 0 Å². The zero-order valence-electron chi connectivity index (χ0n) is 11.7. The van der Waals surface area contributed by atoms with E-state index in [1.807, 2.05) is 12.1 Å².